The second kappa shape index (κ2) is 8.98. The zero-order valence-electron chi connectivity index (χ0n) is 15.2. The molecule has 26 heavy (non-hydrogen) atoms. The lowest BCUT2D eigenvalue weighted by Crippen LogP contribution is -2.36. The van der Waals surface area contributed by atoms with Gasteiger partial charge in [0.15, 0.2) is 15.9 Å². The van der Waals surface area contributed by atoms with Crippen LogP contribution in [0.15, 0.2) is 40.8 Å². The molecule has 1 aliphatic carbocycles. The molecule has 0 spiro atoms. The van der Waals surface area contributed by atoms with Crippen LogP contribution in [0.5, 0.6) is 0 Å². The van der Waals surface area contributed by atoms with Crippen molar-refractivity contribution >= 4 is 21.7 Å². The van der Waals surface area contributed by atoms with Crippen LogP contribution in [0, 0.1) is 0 Å². The van der Waals surface area contributed by atoms with E-state index in [4.69, 9.17) is 4.74 Å². The van der Waals surface area contributed by atoms with Crippen LogP contribution in [0.2, 0.25) is 0 Å². The smallest absolute Gasteiger partial charge is 0.338 e. The number of carbonyl (C=O) groups is 2. The minimum atomic E-state index is -3.42. The average Bonchev–Trinajstić information content (AvgIpc) is 2.61. The van der Waals surface area contributed by atoms with Crippen molar-refractivity contribution in [1.82, 2.24) is 5.32 Å². The molecule has 1 amide bonds. The fourth-order valence-electron chi connectivity index (χ4n) is 2.76. The molecule has 6 nitrogen and oxygen atoms in total. The maximum Gasteiger partial charge on any atom is 0.338 e. The summed E-state index contributed by atoms with van der Waals surface area (Å²) in [5.74, 6) is -1.10. The molecule has 0 radical (unpaired) electrons. The van der Waals surface area contributed by atoms with Gasteiger partial charge in [-0.25, -0.2) is 13.2 Å². The summed E-state index contributed by atoms with van der Waals surface area (Å²) in [5, 5.41) is 2.77. The van der Waals surface area contributed by atoms with Crippen molar-refractivity contribution in [3.8, 4) is 0 Å². The predicted octanol–water partition coefficient (Wildman–Crippen LogP) is 2.64. The van der Waals surface area contributed by atoms with Gasteiger partial charge in [-0.3, -0.25) is 4.79 Å². The normalized spacial score (nSPS) is 15.7. The number of benzene rings is 1. The van der Waals surface area contributed by atoms with Crippen LogP contribution >= 0.6 is 0 Å². The van der Waals surface area contributed by atoms with Gasteiger partial charge in [-0.2, -0.15) is 0 Å². The van der Waals surface area contributed by atoms with E-state index in [2.05, 4.69) is 11.4 Å². The molecule has 0 fully saturated rings. The van der Waals surface area contributed by atoms with Gasteiger partial charge in [0, 0.05) is 12.8 Å². The van der Waals surface area contributed by atoms with Crippen LogP contribution in [0.25, 0.3) is 0 Å². The topological polar surface area (TPSA) is 89.5 Å². The Labute approximate surface area is 154 Å². The monoisotopic (exact) mass is 379 g/mol. The quantitative estimate of drug-likeness (QED) is 0.581. The number of amides is 1. The summed E-state index contributed by atoms with van der Waals surface area (Å²) in [6.45, 7) is 2.00. The van der Waals surface area contributed by atoms with E-state index in [0.29, 0.717) is 6.54 Å². The summed E-state index contributed by atoms with van der Waals surface area (Å²) in [4.78, 5) is 24.3. The van der Waals surface area contributed by atoms with Gasteiger partial charge >= 0.3 is 5.97 Å². The predicted molar refractivity (Wildman–Crippen MR) is 98.6 cm³/mol. The number of rotatable bonds is 7. The number of sulfone groups is 1. The maximum absolute atomic E-state index is 12.2. The van der Waals surface area contributed by atoms with Gasteiger partial charge in [-0.1, -0.05) is 17.7 Å². The summed E-state index contributed by atoms with van der Waals surface area (Å²) in [6.07, 6.45) is 7.75. The van der Waals surface area contributed by atoms with Gasteiger partial charge in [0.1, 0.15) is 0 Å². The molecule has 1 aromatic rings. The lowest BCUT2D eigenvalue weighted by atomic mass is 9.97. The Kier molecular flexibility index (Phi) is 6.97. The fraction of sp³-hybridized carbons (Fsp3) is 0.474. The van der Waals surface area contributed by atoms with E-state index in [1.54, 1.807) is 0 Å². The van der Waals surface area contributed by atoms with Gasteiger partial charge < -0.3 is 10.1 Å². The van der Waals surface area contributed by atoms with Crippen molar-refractivity contribution in [2.45, 2.75) is 50.0 Å². The molecular weight excluding hydrogens is 354 g/mol. The number of hydrogen-bond acceptors (Lipinski definition) is 5. The van der Waals surface area contributed by atoms with E-state index in [9.17, 15) is 18.0 Å². The second-order valence-corrected chi connectivity index (χ2v) is 8.51. The van der Waals surface area contributed by atoms with Crippen LogP contribution in [-0.2, 0) is 19.4 Å². The third kappa shape index (κ3) is 5.98. The van der Waals surface area contributed by atoms with Crippen LogP contribution < -0.4 is 5.32 Å². The van der Waals surface area contributed by atoms with Crippen LogP contribution in [0.1, 0.15) is 49.4 Å². The lowest BCUT2D eigenvalue weighted by Gasteiger charge is -2.15. The zero-order chi connectivity index (χ0) is 19.2. The van der Waals surface area contributed by atoms with E-state index >= 15 is 0 Å². The van der Waals surface area contributed by atoms with E-state index in [1.165, 1.54) is 49.6 Å². The third-order valence-electron chi connectivity index (χ3n) is 4.28. The van der Waals surface area contributed by atoms with E-state index < -0.39 is 21.9 Å². The van der Waals surface area contributed by atoms with Crippen molar-refractivity contribution in [2.75, 3.05) is 12.8 Å². The van der Waals surface area contributed by atoms with Gasteiger partial charge in [0.2, 0.25) is 0 Å². The lowest BCUT2D eigenvalue weighted by molar-refractivity contribution is -0.129. The Morgan fingerprint density at radius 1 is 1.27 bits per heavy atom. The summed E-state index contributed by atoms with van der Waals surface area (Å²) in [7, 11) is -3.42. The van der Waals surface area contributed by atoms with Crippen molar-refractivity contribution < 1.29 is 22.7 Å². The molecule has 1 unspecified atom stereocenters. The standard InChI is InChI=1S/C19H25NO5S/c1-14(18(21)20-12-11-15-7-4-3-5-8-15)25-19(22)16-9-6-10-17(13-16)26(2,23)24/h6-7,9-10,13-14H,3-5,8,11-12H2,1-2H3,(H,20,21). The first-order valence-electron chi connectivity index (χ1n) is 8.74. The Bertz CT molecular complexity index is 798. The Morgan fingerprint density at radius 3 is 2.69 bits per heavy atom. The van der Waals surface area contributed by atoms with Gasteiger partial charge in [-0.15, -0.1) is 0 Å². The van der Waals surface area contributed by atoms with Crippen LogP contribution in [-0.4, -0.2) is 39.2 Å². The van der Waals surface area contributed by atoms with Crippen molar-refractivity contribution in [3.63, 3.8) is 0 Å². The molecule has 7 heteroatoms. The Hall–Kier alpha value is -2.15. The minimum Gasteiger partial charge on any atom is -0.449 e. The molecule has 1 atom stereocenters. The zero-order valence-corrected chi connectivity index (χ0v) is 16.0. The average molecular weight is 379 g/mol. The molecule has 0 bridgehead atoms. The van der Waals surface area contributed by atoms with Gasteiger partial charge in [0.25, 0.3) is 5.91 Å². The molecule has 142 valence electrons. The molecule has 0 heterocycles. The highest BCUT2D eigenvalue weighted by atomic mass is 32.2. The second-order valence-electron chi connectivity index (χ2n) is 6.50. The SMILES string of the molecule is CC(OC(=O)c1cccc(S(C)(=O)=O)c1)C(=O)NCCC1=CCCCC1. The van der Waals surface area contributed by atoms with Crippen molar-refractivity contribution in [2.24, 2.45) is 0 Å². The Morgan fingerprint density at radius 2 is 2.04 bits per heavy atom. The number of carbonyl (C=O) groups excluding carboxylic acids is 2. The summed E-state index contributed by atoms with van der Waals surface area (Å²) in [6, 6.07) is 5.58. The molecule has 0 aromatic heterocycles. The number of ether oxygens (including phenoxy) is 1. The number of nitrogens with one attached hydrogen (secondary N) is 1. The van der Waals surface area contributed by atoms with Crippen molar-refractivity contribution in [3.05, 3.63) is 41.5 Å². The highest BCUT2D eigenvalue weighted by Gasteiger charge is 2.20. The molecule has 1 aliphatic rings. The highest BCUT2D eigenvalue weighted by molar-refractivity contribution is 7.90. The Balaban J connectivity index is 1.86. The first-order valence-corrected chi connectivity index (χ1v) is 10.6. The minimum absolute atomic E-state index is 0.0322. The van der Waals surface area contributed by atoms with Crippen LogP contribution in [0.3, 0.4) is 0 Å². The third-order valence-corrected chi connectivity index (χ3v) is 5.39. The molecule has 1 N–H and O–H groups in total. The van der Waals surface area contributed by atoms with Gasteiger partial charge in [0.05, 0.1) is 10.5 Å². The van der Waals surface area contributed by atoms with E-state index in [1.807, 2.05) is 0 Å². The van der Waals surface area contributed by atoms with Gasteiger partial charge in [-0.05, 0) is 57.2 Å². The summed E-state index contributed by atoms with van der Waals surface area (Å²) in [5.41, 5.74) is 1.46. The van der Waals surface area contributed by atoms with E-state index in [0.717, 1.165) is 25.5 Å². The summed E-state index contributed by atoms with van der Waals surface area (Å²) < 4.78 is 28.3. The largest absolute Gasteiger partial charge is 0.449 e. The number of esters is 1. The first kappa shape index (κ1) is 20.2. The molecular formula is C19H25NO5S. The van der Waals surface area contributed by atoms with E-state index in [-0.39, 0.29) is 16.4 Å². The summed E-state index contributed by atoms with van der Waals surface area (Å²) >= 11 is 0. The molecule has 0 saturated heterocycles. The molecule has 1 aromatic carbocycles. The molecule has 0 saturated carbocycles. The highest BCUT2D eigenvalue weighted by Crippen LogP contribution is 2.19. The molecule has 0 aliphatic heterocycles. The number of hydrogen-bond donors (Lipinski definition) is 1. The fourth-order valence-corrected chi connectivity index (χ4v) is 3.42. The van der Waals surface area contributed by atoms with Crippen molar-refractivity contribution in [1.29, 1.82) is 0 Å². The number of allylic oxidation sites excluding steroid dienone is 1. The van der Waals surface area contributed by atoms with Crippen LogP contribution in [0.4, 0.5) is 0 Å². The maximum atomic E-state index is 12.2. The first-order chi connectivity index (χ1) is 12.3. The molecule has 2 rings (SSSR count).